The number of carbonyl (C=O) groups excluding carboxylic acids is 1. The fourth-order valence-electron chi connectivity index (χ4n) is 3.68. The average Bonchev–Trinajstić information content (AvgIpc) is 3.18. The SMILES string of the molecule is CC(C)(C)OC(=O)N1CCC2NCC(c3c[nH]c4cc(F)ccc34)=C21. The molecule has 2 aliphatic rings. The minimum absolute atomic E-state index is 0.160. The molecule has 1 fully saturated rings. The number of hydrogen-bond donors (Lipinski definition) is 2. The predicted molar refractivity (Wildman–Crippen MR) is 94.5 cm³/mol. The minimum Gasteiger partial charge on any atom is -0.443 e. The molecule has 0 saturated carbocycles. The zero-order valence-corrected chi connectivity index (χ0v) is 14.6. The van der Waals surface area contributed by atoms with Crippen LogP contribution in [0.4, 0.5) is 9.18 Å². The van der Waals surface area contributed by atoms with Gasteiger partial charge in [0.05, 0.1) is 6.04 Å². The number of likely N-dealkylation sites (tertiary alicyclic amines) is 1. The van der Waals surface area contributed by atoms with Crippen molar-refractivity contribution in [2.75, 3.05) is 13.1 Å². The lowest BCUT2D eigenvalue weighted by atomic mass is 10.0. The minimum atomic E-state index is -0.528. The van der Waals surface area contributed by atoms with Crippen molar-refractivity contribution in [3.63, 3.8) is 0 Å². The zero-order valence-electron chi connectivity index (χ0n) is 14.6. The van der Waals surface area contributed by atoms with Crippen LogP contribution in [0.3, 0.4) is 0 Å². The van der Waals surface area contributed by atoms with Crippen LogP contribution >= 0.6 is 0 Å². The van der Waals surface area contributed by atoms with Gasteiger partial charge in [-0.2, -0.15) is 0 Å². The van der Waals surface area contributed by atoms with Crippen molar-refractivity contribution in [3.8, 4) is 0 Å². The average molecular weight is 343 g/mol. The quantitative estimate of drug-likeness (QED) is 0.831. The van der Waals surface area contributed by atoms with Crippen molar-refractivity contribution in [1.82, 2.24) is 15.2 Å². The summed E-state index contributed by atoms with van der Waals surface area (Å²) in [6.07, 6.45) is 2.45. The molecular formula is C19H22FN3O2. The maximum atomic E-state index is 13.4. The Kier molecular flexibility index (Phi) is 3.61. The Hall–Kier alpha value is -2.34. The molecule has 6 heteroatoms. The molecule has 2 aliphatic heterocycles. The molecule has 3 heterocycles. The Morgan fingerprint density at radius 1 is 1.36 bits per heavy atom. The monoisotopic (exact) mass is 343 g/mol. The predicted octanol–water partition coefficient (Wildman–Crippen LogP) is 3.63. The van der Waals surface area contributed by atoms with E-state index in [4.69, 9.17) is 4.74 Å². The van der Waals surface area contributed by atoms with Crippen molar-refractivity contribution < 1.29 is 13.9 Å². The number of hydrogen-bond acceptors (Lipinski definition) is 3. The van der Waals surface area contributed by atoms with Crippen LogP contribution in [0.2, 0.25) is 0 Å². The number of nitrogens with one attached hydrogen (secondary N) is 2. The van der Waals surface area contributed by atoms with E-state index in [2.05, 4.69) is 10.3 Å². The number of fused-ring (bicyclic) bond motifs is 2. The van der Waals surface area contributed by atoms with E-state index >= 15 is 0 Å². The van der Waals surface area contributed by atoms with E-state index in [1.165, 1.54) is 12.1 Å². The number of H-pyrrole nitrogens is 1. The lowest BCUT2D eigenvalue weighted by Crippen LogP contribution is -2.35. The summed E-state index contributed by atoms with van der Waals surface area (Å²) >= 11 is 0. The van der Waals surface area contributed by atoms with Gasteiger partial charge in [-0.25, -0.2) is 9.18 Å². The van der Waals surface area contributed by atoms with E-state index in [1.54, 1.807) is 11.0 Å². The number of aromatic amines is 1. The highest BCUT2D eigenvalue weighted by Crippen LogP contribution is 2.37. The number of nitrogens with zero attached hydrogens (tertiary/aromatic N) is 1. The molecular weight excluding hydrogens is 321 g/mol. The Morgan fingerprint density at radius 3 is 2.92 bits per heavy atom. The highest BCUT2D eigenvalue weighted by Gasteiger charge is 2.40. The van der Waals surface area contributed by atoms with Crippen LogP contribution in [0.15, 0.2) is 30.1 Å². The van der Waals surface area contributed by atoms with Gasteiger partial charge in [0.2, 0.25) is 0 Å². The number of amides is 1. The number of ether oxygens (including phenoxy) is 1. The molecule has 0 spiro atoms. The van der Waals surface area contributed by atoms with Gasteiger partial charge >= 0.3 is 6.09 Å². The molecule has 0 aliphatic carbocycles. The molecule has 1 aromatic heterocycles. The maximum absolute atomic E-state index is 13.4. The summed E-state index contributed by atoms with van der Waals surface area (Å²) in [4.78, 5) is 17.5. The molecule has 1 atom stereocenters. The Labute approximate surface area is 145 Å². The number of halogens is 1. The smallest absolute Gasteiger partial charge is 0.414 e. The van der Waals surface area contributed by atoms with Crippen LogP contribution in [0.1, 0.15) is 32.8 Å². The Bertz CT molecular complexity index is 878. The van der Waals surface area contributed by atoms with Gasteiger partial charge in [0.15, 0.2) is 0 Å². The van der Waals surface area contributed by atoms with E-state index in [1.807, 2.05) is 27.0 Å². The highest BCUT2D eigenvalue weighted by atomic mass is 19.1. The molecule has 1 aromatic carbocycles. The molecule has 2 N–H and O–H groups in total. The van der Waals surface area contributed by atoms with Gasteiger partial charge < -0.3 is 15.0 Å². The molecule has 1 amide bonds. The van der Waals surface area contributed by atoms with Crippen molar-refractivity contribution >= 4 is 22.6 Å². The third kappa shape index (κ3) is 2.80. The third-order valence-electron chi connectivity index (χ3n) is 4.68. The van der Waals surface area contributed by atoms with E-state index in [0.29, 0.717) is 13.1 Å². The number of rotatable bonds is 1. The number of aromatic nitrogens is 1. The second-order valence-electron chi connectivity index (χ2n) is 7.61. The number of carbonyl (C=O) groups is 1. The van der Waals surface area contributed by atoms with Crippen LogP contribution in [-0.2, 0) is 4.74 Å². The molecule has 0 radical (unpaired) electrons. The molecule has 2 aromatic rings. The lowest BCUT2D eigenvalue weighted by Gasteiger charge is -2.25. The van der Waals surface area contributed by atoms with Crippen LogP contribution < -0.4 is 5.32 Å². The van der Waals surface area contributed by atoms with Gasteiger partial charge in [-0.05, 0) is 51.0 Å². The molecule has 1 unspecified atom stereocenters. The van der Waals surface area contributed by atoms with Crippen LogP contribution in [0, 0.1) is 5.82 Å². The molecule has 5 nitrogen and oxygen atoms in total. The largest absolute Gasteiger partial charge is 0.443 e. The van der Waals surface area contributed by atoms with Gasteiger partial charge in [-0.3, -0.25) is 4.90 Å². The van der Waals surface area contributed by atoms with Crippen LogP contribution in [0.5, 0.6) is 0 Å². The van der Waals surface area contributed by atoms with Crippen molar-refractivity contribution in [2.45, 2.75) is 38.8 Å². The van der Waals surface area contributed by atoms with Crippen molar-refractivity contribution in [3.05, 3.63) is 41.5 Å². The fraction of sp³-hybridized carbons (Fsp3) is 0.421. The second kappa shape index (κ2) is 5.59. The van der Waals surface area contributed by atoms with Crippen molar-refractivity contribution in [2.24, 2.45) is 0 Å². The molecule has 1 saturated heterocycles. The zero-order chi connectivity index (χ0) is 17.8. The standard InChI is InChI=1S/C19H22FN3O2/c1-19(2,3)25-18(24)23-7-6-15-17(23)14(10-21-15)13-9-22-16-8-11(20)4-5-12(13)16/h4-5,8-9,15,21-22H,6-7,10H2,1-3H3. The van der Waals surface area contributed by atoms with Crippen molar-refractivity contribution in [1.29, 1.82) is 0 Å². The summed E-state index contributed by atoms with van der Waals surface area (Å²) in [5.41, 5.74) is 3.30. The maximum Gasteiger partial charge on any atom is 0.414 e. The van der Waals surface area contributed by atoms with Gasteiger partial charge in [0.25, 0.3) is 0 Å². The van der Waals surface area contributed by atoms with E-state index < -0.39 is 5.60 Å². The topological polar surface area (TPSA) is 57.4 Å². The molecule has 25 heavy (non-hydrogen) atoms. The third-order valence-corrected chi connectivity index (χ3v) is 4.68. The first-order valence-corrected chi connectivity index (χ1v) is 8.57. The fourth-order valence-corrected chi connectivity index (χ4v) is 3.68. The van der Waals surface area contributed by atoms with Gasteiger partial charge in [0, 0.05) is 41.4 Å². The summed E-state index contributed by atoms with van der Waals surface area (Å²) in [5, 5.41) is 4.43. The van der Waals surface area contributed by atoms with Gasteiger partial charge in [-0.1, -0.05) is 0 Å². The first-order chi connectivity index (χ1) is 11.8. The van der Waals surface area contributed by atoms with Gasteiger partial charge in [-0.15, -0.1) is 0 Å². The summed E-state index contributed by atoms with van der Waals surface area (Å²) < 4.78 is 19.0. The van der Waals surface area contributed by atoms with E-state index in [-0.39, 0.29) is 18.0 Å². The number of benzene rings is 1. The summed E-state index contributed by atoms with van der Waals surface area (Å²) in [7, 11) is 0. The van der Waals surface area contributed by atoms with Gasteiger partial charge in [0.1, 0.15) is 11.4 Å². The first kappa shape index (κ1) is 16.1. The lowest BCUT2D eigenvalue weighted by molar-refractivity contribution is 0.0339. The molecule has 0 bridgehead atoms. The van der Waals surface area contributed by atoms with Crippen LogP contribution in [-0.4, -0.2) is 40.7 Å². The molecule has 132 valence electrons. The normalized spacial score (nSPS) is 20.5. The second-order valence-corrected chi connectivity index (χ2v) is 7.61. The summed E-state index contributed by atoms with van der Waals surface area (Å²) in [6, 6.07) is 4.90. The Morgan fingerprint density at radius 2 is 2.16 bits per heavy atom. The first-order valence-electron chi connectivity index (χ1n) is 8.57. The van der Waals surface area contributed by atoms with E-state index in [0.717, 1.165) is 34.2 Å². The van der Waals surface area contributed by atoms with Crippen LogP contribution in [0.25, 0.3) is 16.5 Å². The molecule has 4 rings (SSSR count). The Balaban J connectivity index is 1.76. The van der Waals surface area contributed by atoms with E-state index in [9.17, 15) is 9.18 Å². The highest BCUT2D eigenvalue weighted by molar-refractivity contribution is 5.95. The summed E-state index contributed by atoms with van der Waals surface area (Å²) in [6.45, 7) is 6.94. The summed E-state index contributed by atoms with van der Waals surface area (Å²) in [5.74, 6) is -0.266.